The van der Waals surface area contributed by atoms with Crippen molar-refractivity contribution in [1.82, 2.24) is 5.48 Å². The van der Waals surface area contributed by atoms with Crippen LogP contribution in [0.4, 0.5) is 0 Å². The number of hydrogen-bond donors (Lipinski definition) is 1. The Morgan fingerprint density at radius 3 is 1.90 bits per heavy atom. The van der Waals surface area contributed by atoms with Gasteiger partial charge >= 0.3 is 23.9 Å². The van der Waals surface area contributed by atoms with E-state index in [0.717, 1.165) is 26.0 Å². The molecule has 2 aromatic carbocycles. The molecule has 1 N–H and O–H groups in total. The van der Waals surface area contributed by atoms with Gasteiger partial charge in [-0.3, -0.25) is 14.4 Å². The van der Waals surface area contributed by atoms with Crippen LogP contribution in [-0.4, -0.2) is 36.4 Å². The Bertz CT molecular complexity index is 1020. The van der Waals surface area contributed by atoms with Crippen molar-refractivity contribution < 1.29 is 43.0 Å². The van der Waals surface area contributed by atoms with Crippen molar-refractivity contribution in [1.29, 1.82) is 0 Å². The summed E-state index contributed by atoms with van der Waals surface area (Å²) in [6, 6.07) is 9.89. The lowest BCUT2D eigenvalue weighted by atomic mass is 10.1. The van der Waals surface area contributed by atoms with Gasteiger partial charge in [-0.05, 0) is 25.1 Å². The van der Waals surface area contributed by atoms with E-state index in [2.05, 4.69) is 0 Å². The average molecular weight is 429 g/mol. The number of ether oxygens (including phenoxy) is 3. The number of nitrogens with one attached hydrogen (secondary N) is 1. The van der Waals surface area contributed by atoms with E-state index >= 15 is 0 Å². The molecule has 0 saturated heterocycles. The summed E-state index contributed by atoms with van der Waals surface area (Å²) in [5.41, 5.74) is 1.53. The molecule has 10 heteroatoms. The third-order valence-corrected chi connectivity index (χ3v) is 3.58. The first-order chi connectivity index (χ1) is 14.7. The SMILES string of the molecule is CCOC(=O)c1cc(OC(C)=O)c(C(=O)NOC(=O)c2ccccc2)cc1OC(C)=O. The van der Waals surface area contributed by atoms with Crippen molar-refractivity contribution >= 4 is 29.8 Å². The highest BCUT2D eigenvalue weighted by Crippen LogP contribution is 2.30. The second-order valence-electron chi connectivity index (χ2n) is 5.94. The molecule has 2 aromatic rings. The highest BCUT2D eigenvalue weighted by atomic mass is 16.7. The molecular weight excluding hydrogens is 410 g/mol. The number of benzene rings is 2. The molecule has 2 rings (SSSR count). The van der Waals surface area contributed by atoms with Crippen LogP contribution in [0.5, 0.6) is 11.5 Å². The van der Waals surface area contributed by atoms with Crippen LogP contribution in [0, 0.1) is 0 Å². The van der Waals surface area contributed by atoms with Crippen molar-refractivity contribution in [2.45, 2.75) is 20.8 Å². The van der Waals surface area contributed by atoms with Crippen molar-refractivity contribution in [2.24, 2.45) is 0 Å². The van der Waals surface area contributed by atoms with E-state index < -0.39 is 29.8 Å². The minimum atomic E-state index is -0.996. The molecule has 1 amide bonds. The predicted octanol–water partition coefficient (Wildman–Crippen LogP) is 2.22. The molecule has 0 atom stereocenters. The molecule has 31 heavy (non-hydrogen) atoms. The lowest BCUT2D eigenvalue weighted by Gasteiger charge is -2.14. The average Bonchev–Trinajstić information content (AvgIpc) is 2.72. The maximum atomic E-state index is 12.6. The van der Waals surface area contributed by atoms with Crippen LogP contribution in [0.2, 0.25) is 0 Å². The summed E-state index contributed by atoms with van der Waals surface area (Å²) in [5, 5.41) is 0. The van der Waals surface area contributed by atoms with Gasteiger partial charge in [-0.15, -0.1) is 0 Å². The third-order valence-electron chi connectivity index (χ3n) is 3.58. The van der Waals surface area contributed by atoms with Gasteiger partial charge in [-0.25, -0.2) is 9.59 Å². The van der Waals surface area contributed by atoms with E-state index in [-0.39, 0.29) is 34.8 Å². The predicted molar refractivity (Wildman–Crippen MR) is 104 cm³/mol. The van der Waals surface area contributed by atoms with Crippen molar-refractivity contribution in [3.63, 3.8) is 0 Å². The molecule has 162 valence electrons. The standard InChI is InChI=1S/C21H19NO9/c1-4-28-21(27)16-11-17(29-12(2)23)15(10-18(16)30-13(3)24)19(25)22-31-20(26)14-8-6-5-7-9-14/h5-11H,4H2,1-3H3,(H,22,25). The summed E-state index contributed by atoms with van der Waals surface area (Å²) < 4.78 is 14.9. The summed E-state index contributed by atoms with van der Waals surface area (Å²) in [5.74, 6) is -4.90. The lowest BCUT2D eigenvalue weighted by molar-refractivity contribution is -0.133. The second-order valence-corrected chi connectivity index (χ2v) is 5.94. The molecule has 0 aliphatic rings. The maximum absolute atomic E-state index is 12.6. The Morgan fingerprint density at radius 2 is 1.35 bits per heavy atom. The Kier molecular flexibility index (Phi) is 7.84. The minimum absolute atomic E-state index is 0.0267. The summed E-state index contributed by atoms with van der Waals surface area (Å²) in [6.07, 6.45) is 0. The zero-order chi connectivity index (χ0) is 23.0. The normalized spacial score (nSPS) is 9.90. The van der Waals surface area contributed by atoms with E-state index in [4.69, 9.17) is 19.0 Å². The molecule has 0 saturated carbocycles. The van der Waals surface area contributed by atoms with Gasteiger partial charge in [0.2, 0.25) is 0 Å². The van der Waals surface area contributed by atoms with Crippen LogP contribution >= 0.6 is 0 Å². The first-order valence-corrected chi connectivity index (χ1v) is 9.01. The highest BCUT2D eigenvalue weighted by Gasteiger charge is 2.25. The first-order valence-electron chi connectivity index (χ1n) is 9.01. The number of hydroxylamine groups is 1. The Balaban J connectivity index is 2.39. The van der Waals surface area contributed by atoms with Crippen molar-refractivity contribution in [3.8, 4) is 11.5 Å². The van der Waals surface area contributed by atoms with E-state index in [1.54, 1.807) is 25.1 Å². The lowest BCUT2D eigenvalue weighted by Crippen LogP contribution is -2.28. The van der Waals surface area contributed by atoms with Gasteiger partial charge < -0.3 is 19.0 Å². The molecule has 0 radical (unpaired) electrons. The second kappa shape index (κ2) is 10.5. The molecule has 0 aliphatic heterocycles. The zero-order valence-corrected chi connectivity index (χ0v) is 16.9. The van der Waals surface area contributed by atoms with Gasteiger partial charge in [0.15, 0.2) is 0 Å². The number of rotatable bonds is 6. The quantitative estimate of drug-likeness (QED) is 0.416. The van der Waals surface area contributed by atoms with Crippen LogP contribution in [0.3, 0.4) is 0 Å². The molecule has 0 aliphatic carbocycles. The van der Waals surface area contributed by atoms with Crippen LogP contribution in [0.1, 0.15) is 51.8 Å². The fourth-order valence-electron chi connectivity index (χ4n) is 2.37. The fraction of sp³-hybridized carbons (Fsp3) is 0.190. The zero-order valence-electron chi connectivity index (χ0n) is 16.9. The number of esters is 3. The Morgan fingerprint density at radius 1 is 0.806 bits per heavy atom. The summed E-state index contributed by atoms with van der Waals surface area (Å²) >= 11 is 0. The third kappa shape index (κ3) is 6.39. The molecule has 10 nitrogen and oxygen atoms in total. The van der Waals surface area contributed by atoms with Gasteiger partial charge in [0.25, 0.3) is 5.91 Å². The first kappa shape index (κ1) is 23.1. The van der Waals surface area contributed by atoms with Crippen molar-refractivity contribution in [3.05, 3.63) is 59.2 Å². The van der Waals surface area contributed by atoms with E-state index in [9.17, 15) is 24.0 Å². The van der Waals surface area contributed by atoms with E-state index in [1.165, 1.54) is 12.1 Å². The highest BCUT2D eigenvalue weighted by molar-refractivity contribution is 6.02. The molecular formula is C21H19NO9. The summed E-state index contributed by atoms with van der Waals surface area (Å²) in [6.45, 7) is 3.77. The van der Waals surface area contributed by atoms with Gasteiger partial charge in [0, 0.05) is 19.9 Å². The summed E-state index contributed by atoms with van der Waals surface area (Å²) in [4.78, 5) is 64.5. The van der Waals surface area contributed by atoms with Gasteiger partial charge in [-0.2, -0.15) is 5.48 Å². The van der Waals surface area contributed by atoms with Gasteiger partial charge in [0.05, 0.1) is 17.7 Å². The molecule has 0 aromatic heterocycles. The van der Waals surface area contributed by atoms with Crippen LogP contribution in [0.25, 0.3) is 0 Å². The summed E-state index contributed by atoms with van der Waals surface area (Å²) in [7, 11) is 0. The number of carbonyl (C=O) groups excluding carboxylic acids is 5. The fourth-order valence-corrected chi connectivity index (χ4v) is 2.37. The Labute approximate surface area is 177 Å². The smallest absolute Gasteiger partial charge is 0.362 e. The van der Waals surface area contributed by atoms with Crippen LogP contribution in [0.15, 0.2) is 42.5 Å². The molecule has 0 unspecified atom stereocenters. The van der Waals surface area contributed by atoms with E-state index in [1.807, 2.05) is 5.48 Å². The monoisotopic (exact) mass is 429 g/mol. The van der Waals surface area contributed by atoms with Crippen LogP contribution in [-0.2, 0) is 19.2 Å². The Hall–Kier alpha value is -4.21. The van der Waals surface area contributed by atoms with Crippen molar-refractivity contribution in [2.75, 3.05) is 6.61 Å². The molecule has 0 bridgehead atoms. The number of carbonyl (C=O) groups is 5. The molecule has 0 heterocycles. The topological polar surface area (TPSA) is 134 Å². The largest absolute Gasteiger partial charge is 0.462 e. The van der Waals surface area contributed by atoms with Gasteiger partial charge in [0.1, 0.15) is 17.1 Å². The molecule has 0 spiro atoms. The van der Waals surface area contributed by atoms with Gasteiger partial charge in [-0.1, -0.05) is 18.2 Å². The number of hydrogen-bond acceptors (Lipinski definition) is 9. The minimum Gasteiger partial charge on any atom is -0.462 e. The maximum Gasteiger partial charge on any atom is 0.362 e. The van der Waals surface area contributed by atoms with E-state index in [0.29, 0.717) is 0 Å². The molecule has 0 fully saturated rings. The van der Waals surface area contributed by atoms with Crippen LogP contribution < -0.4 is 15.0 Å². The number of amides is 1.